The average Bonchev–Trinajstić information content (AvgIpc) is 2.75. The molecule has 1 atom stereocenters. The number of urea groups is 1. The van der Waals surface area contributed by atoms with Crippen LogP contribution in [0.25, 0.3) is 0 Å². The van der Waals surface area contributed by atoms with Crippen molar-refractivity contribution < 1.29 is 19.1 Å². The van der Waals surface area contributed by atoms with Crippen molar-refractivity contribution in [2.24, 2.45) is 5.73 Å². The van der Waals surface area contributed by atoms with Crippen LogP contribution in [0.1, 0.15) is 33.2 Å². The second kappa shape index (κ2) is 9.58. The molecule has 0 saturated carbocycles. The molecule has 0 saturated heterocycles. The van der Waals surface area contributed by atoms with Gasteiger partial charge < -0.3 is 21.1 Å². The molecule has 0 aliphatic rings. The zero-order chi connectivity index (χ0) is 22.4. The molecule has 0 aliphatic carbocycles. The van der Waals surface area contributed by atoms with E-state index in [9.17, 15) is 14.4 Å². The summed E-state index contributed by atoms with van der Waals surface area (Å²) in [7, 11) is 0. The zero-order valence-corrected chi connectivity index (χ0v) is 17.2. The van der Waals surface area contributed by atoms with Crippen LogP contribution < -0.4 is 16.4 Å². The zero-order valence-electron chi connectivity index (χ0n) is 17.2. The van der Waals surface area contributed by atoms with E-state index in [4.69, 9.17) is 10.5 Å². The van der Waals surface area contributed by atoms with Gasteiger partial charge in [-0.25, -0.2) is 9.59 Å². The first kappa shape index (κ1) is 21.6. The lowest BCUT2D eigenvalue weighted by molar-refractivity contribution is -0.125. The number of hydrogen-bond donors (Lipinski definition) is 3. The van der Waals surface area contributed by atoms with E-state index >= 15 is 0 Å². The number of hydrogen-bond acceptors (Lipinski definition) is 4. The minimum absolute atomic E-state index is 0.232. The number of carbonyl (C=O) groups excluding carboxylic acids is 3. The Morgan fingerprint density at radius 1 is 0.871 bits per heavy atom. The molecular weight excluding hydrogens is 394 g/mol. The first-order valence-corrected chi connectivity index (χ1v) is 9.64. The Morgan fingerprint density at radius 3 is 2.19 bits per heavy atom. The van der Waals surface area contributed by atoms with E-state index < -0.39 is 24.0 Å². The normalized spacial score (nSPS) is 11.3. The largest absolute Gasteiger partial charge is 0.444 e. The van der Waals surface area contributed by atoms with E-state index in [2.05, 4.69) is 10.6 Å². The van der Waals surface area contributed by atoms with Crippen LogP contribution in [0.5, 0.6) is 0 Å². The maximum atomic E-state index is 13.1. The van der Waals surface area contributed by atoms with E-state index in [1.807, 2.05) is 38.1 Å². The molecule has 0 aliphatic heterocycles. The van der Waals surface area contributed by atoms with Gasteiger partial charge in [0.1, 0.15) is 0 Å². The van der Waals surface area contributed by atoms with Crippen molar-refractivity contribution in [2.45, 2.75) is 20.0 Å². The molecule has 3 rings (SSSR count). The molecule has 7 nitrogen and oxygen atoms in total. The number of esters is 1. The number of rotatable bonds is 6. The predicted octanol–water partition coefficient (Wildman–Crippen LogP) is 4.33. The topological polar surface area (TPSA) is 111 Å². The van der Waals surface area contributed by atoms with Gasteiger partial charge in [-0.1, -0.05) is 42.5 Å². The second-order valence-corrected chi connectivity index (χ2v) is 7.07. The van der Waals surface area contributed by atoms with E-state index in [1.54, 1.807) is 24.3 Å². The number of aryl methyl sites for hydroxylation is 2. The summed E-state index contributed by atoms with van der Waals surface area (Å²) in [5, 5.41) is 5.28. The lowest BCUT2D eigenvalue weighted by Crippen LogP contribution is -2.26. The Bertz CT molecular complexity index is 1100. The van der Waals surface area contributed by atoms with Gasteiger partial charge in [0.05, 0.1) is 5.56 Å². The Balaban J connectivity index is 1.82. The van der Waals surface area contributed by atoms with E-state index in [1.165, 1.54) is 24.3 Å². The molecule has 0 aromatic heterocycles. The minimum atomic E-state index is -1.14. The molecule has 0 spiro atoms. The Kier molecular flexibility index (Phi) is 6.67. The first-order chi connectivity index (χ1) is 14.8. The monoisotopic (exact) mass is 417 g/mol. The number of anilines is 2. The molecule has 158 valence electrons. The van der Waals surface area contributed by atoms with Crippen LogP contribution in [0.2, 0.25) is 0 Å². The molecule has 0 unspecified atom stereocenters. The van der Waals surface area contributed by atoms with Crippen molar-refractivity contribution in [1.82, 2.24) is 0 Å². The molecule has 0 heterocycles. The smallest absolute Gasteiger partial charge is 0.339 e. The van der Waals surface area contributed by atoms with E-state index in [0.717, 1.165) is 11.1 Å². The summed E-state index contributed by atoms with van der Waals surface area (Å²) in [4.78, 5) is 36.7. The maximum Gasteiger partial charge on any atom is 0.339 e. The molecule has 3 amide bonds. The van der Waals surface area contributed by atoms with E-state index in [0.29, 0.717) is 16.9 Å². The van der Waals surface area contributed by atoms with Gasteiger partial charge >= 0.3 is 12.0 Å². The summed E-state index contributed by atoms with van der Waals surface area (Å²) >= 11 is 0. The van der Waals surface area contributed by atoms with Gasteiger partial charge in [-0.3, -0.25) is 4.79 Å². The molecule has 7 heteroatoms. The van der Waals surface area contributed by atoms with Crippen molar-refractivity contribution >= 4 is 29.3 Å². The van der Waals surface area contributed by atoms with E-state index in [-0.39, 0.29) is 5.56 Å². The van der Waals surface area contributed by atoms with Gasteiger partial charge in [0.25, 0.3) is 5.91 Å². The number of ether oxygens (including phenoxy) is 1. The van der Waals surface area contributed by atoms with Crippen LogP contribution in [-0.2, 0) is 9.53 Å². The number of benzene rings is 3. The van der Waals surface area contributed by atoms with Crippen LogP contribution in [-0.4, -0.2) is 17.9 Å². The number of nitrogens with two attached hydrogens (primary N) is 1. The summed E-state index contributed by atoms with van der Waals surface area (Å²) in [5.74, 6) is -1.13. The molecule has 31 heavy (non-hydrogen) atoms. The molecule has 3 aromatic carbocycles. The summed E-state index contributed by atoms with van der Waals surface area (Å²) in [6.07, 6.45) is -1.14. The van der Waals surface area contributed by atoms with Crippen molar-refractivity contribution in [3.8, 4) is 0 Å². The Labute approximate surface area is 180 Å². The van der Waals surface area contributed by atoms with Gasteiger partial charge in [-0.05, 0) is 55.3 Å². The standard InChI is InChI=1S/C24H23N3O4/c1-15-8-9-16(2)20(14-15)27-22(28)21(17-6-4-3-5-7-17)31-23(29)18-10-12-19(13-11-18)26-24(25)30/h3-14,21H,1-2H3,(H,27,28)(H3,25,26,30)/t21-/m1/s1. The second-order valence-electron chi connectivity index (χ2n) is 7.07. The highest BCUT2D eigenvalue weighted by atomic mass is 16.5. The quantitative estimate of drug-likeness (QED) is 0.518. The highest BCUT2D eigenvalue weighted by Crippen LogP contribution is 2.24. The van der Waals surface area contributed by atoms with Crippen molar-refractivity contribution in [1.29, 1.82) is 0 Å². The SMILES string of the molecule is Cc1ccc(C)c(NC(=O)[C@H](OC(=O)c2ccc(NC(N)=O)cc2)c2ccccc2)c1. The fraction of sp³-hybridized carbons (Fsp3) is 0.125. The maximum absolute atomic E-state index is 13.1. The number of amides is 3. The molecule has 0 bridgehead atoms. The van der Waals surface area contributed by atoms with Crippen LogP contribution in [0.3, 0.4) is 0 Å². The highest BCUT2D eigenvalue weighted by Gasteiger charge is 2.26. The van der Waals surface area contributed by atoms with Gasteiger partial charge in [0, 0.05) is 16.9 Å². The predicted molar refractivity (Wildman–Crippen MR) is 119 cm³/mol. The first-order valence-electron chi connectivity index (χ1n) is 9.64. The number of nitrogens with one attached hydrogen (secondary N) is 2. The molecule has 0 radical (unpaired) electrons. The molecule has 4 N–H and O–H groups in total. The van der Waals surface area contributed by atoms with Crippen LogP contribution in [0, 0.1) is 13.8 Å². The highest BCUT2D eigenvalue weighted by molar-refractivity contribution is 5.99. The van der Waals surface area contributed by atoms with Crippen LogP contribution in [0.4, 0.5) is 16.2 Å². The van der Waals surface area contributed by atoms with Crippen LogP contribution in [0.15, 0.2) is 72.8 Å². The number of primary amides is 1. The summed E-state index contributed by atoms with van der Waals surface area (Å²) in [5.41, 5.74) is 8.86. The summed E-state index contributed by atoms with van der Waals surface area (Å²) in [6, 6.07) is 19.8. The lowest BCUT2D eigenvalue weighted by atomic mass is 10.1. The lowest BCUT2D eigenvalue weighted by Gasteiger charge is -2.19. The summed E-state index contributed by atoms with van der Waals surface area (Å²) < 4.78 is 5.58. The third-order valence-electron chi connectivity index (χ3n) is 4.60. The summed E-state index contributed by atoms with van der Waals surface area (Å²) in [6.45, 7) is 3.82. The third kappa shape index (κ3) is 5.70. The van der Waals surface area contributed by atoms with Gasteiger partial charge in [0.15, 0.2) is 0 Å². The molecular formula is C24H23N3O4. The van der Waals surface area contributed by atoms with Crippen molar-refractivity contribution in [2.75, 3.05) is 10.6 Å². The molecule has 3 aromatic rings. The van der Waals surface area contributed by atoms with Gasteiger partial charge in [-0.2, -0.15) is 0 Å². The van der Waals surface area contributed by atoms with Crippen LogP contribution >= 0.6 is 0 Å². The van der Waals surface area contributed by atoms with Gasteiger partial charge in [-0.15, -0.1) is 0 Å². The fourth-order valence-corrected chi connectivity index (χ4v) is 2.98. The van der Waals surface area contributed by atoms with Gasteiger partial charge in [0.2, 0.25) is 6.10 Å². The number of carbonyl (C=O) groups is 3. The Morgan fingerprint density at radius 2 is 1.55 bits per heavy atom. The Hall–Kier alpha value is -4.13. The average molecular weight is 417 g/mol. The minimum Gasteiger partial charge on any atom is -0.444 e. The van der Waals surface area contributed by atoms with Crippen molar-refractivity contribution in [3.05, 3.63) is 95.1 Å². The third-order valence-corrected chi connectivity index (χ3v) is 4.60. The van der Waals surface area contributed by atoms with Crippen molar-refractivity contribution in [3.63, 3.8) is 0 Å². The fourth-order valence-electron chi connectivity index (χ4n) is 2.98. The molecule has 0 fully saturated rings.